The molecule has 4 nitrogen and oxygen atoms in total. The summed E-state index contributed by atoms with van der Waals surface area (Å²) in [5, 5.41) is 3.09. The highest BCUT2D eigenvalue weighted by molar-refractivity contribution is 9.10. The summed E-state index contributed by atoms with van der Waals surface area (Å²) in [6.45, 7) is 2.32. The molecule has 0 aromatic heterocycles. The second-order valence-electron chi connectivity index (χ2n) is 5.42. The smallest absolute Gasteiger partial charge is 0.309 e. The largest absolute Gasteiger partial charge is 0.465 e. The molecular weight excluding hydrogens is 346 g/mol. The Bertz CT molecular complexity index is 571. The van der Waals surface area contributed by atoms with E-state index in [1.165, 1.54) is 0 Å². The standard InChI is InChI=1S/C17H20BrNO3/c1-12-5-2-9-16(21)22-10-4-8-15(20)19-17(12)13-6-3-7-14(18)11-13/h2-3,5-7,11-12,17H,4,8-10H2,1H3,(H,19,20)/b5-2-/t12-,17+/m1/s1. The number of nitrogens with one attached hydrogen (secondary N) is 1. The highest BCUT2D eigenvalue weighted by atomic mass is 79.9. The van der Waals surface area contributed by atoms with Crippen molar-refractivity contribution in [1.82, 2.24) is 5.32 Å². The molecule has 1 aliphatic heterocycles. The Morgan fingerprint density at radius 2 is 2.14 bits per heavy atom. The van der Waals surface area contributed by atoms with E-state index in [2.05, 4.69) is 21.2 Å². The minimum atomic E-state index is -0.247. The van der Waals surface area contributed by atoms with Gasteiger partial charge >= 0.3 is 5.97 Å². The molecule has 1 aromatic carbocycles. The Hall–Kier alpha value is -1.62. The number of carbonyl (C=O) groups is 2. The molecule has 1 heterocycles. The average molecular weight is 366 g/mol. The number of hydrogen-bond acceptors (Lipinski definition) is 3. The number of hydrogen-bond donors (Lipinski definition) is 1. The number of halogens is 1. The van der Waals surface area contributed by atoms with Gasteiger partial charge in [-0.15, -0.1) is 0 Å². The van der Waals surface area contributed by atoms with Gasteiger partial charge in [0.15, 0.2) is 0 Å². The van der Waals surface area contributed by atoms with Gasteiger partial charge in [0.05, 0.1) is 19.1 Å². The zero-order chi connectivity index (χ0) is 15.9. The number of cyclic esters (lactones) is 1. The maximum atomic E-state index is 12.1. The van der Waals surface area contributed by atoms with Crippen molar-refractivity contribution < 1.29 is 14.3 Å². The molecule has 1 aromatic rings. The van der Waals surface area contributed by atoms with E-state index in [1.54, 1.807) is 0 Å². The first-order chi connectivity index (χ1) is 10.6. The van der Waals surface area contributed by atoms with Crippen LogP contribution < -0.4 is 5.32 Å². The van der Waals surface area contributed by atoms with Crippen molar-refractivity contribution in [2.75, 3.05) is 6.61 Å². The molecule has 0 saturated heterocycles. The third-order valence-electron chi connectivity index (χ3n) is 3.59. The SMILES string of the molecule is C[C@@H]1/C=C\CC(=O)OCCCC(=O)N[C@@H]1c1cccc(Br)c1. The van der Waals surface area contributed by atoms with Gasteiger partial charge < -0.3 is 10.1 Å². The first kappa shape index (κ1) is 16.7. The predicted molar refractivity (Wildman–Crippen MR) is 88.1 cm³/mol. The van der Waals surface area contributed by atoms with Gasteiger partial charge in [0.1, 0.15) is 0 Å². The van der Waals surface area contributed by atoms with Crippen molar-refractivity contribution in [3.05, 3.63) is 46.5 Å². The Labute approximate surface area is 139 Å². The number of benzene rings is 1. The molecule has 118 valence electrons. The first-order valence-electron chi connectivity index (χ1n) is 7.43. The lowest BCUT2D eigenvalue weighted by Gasteiger charge is -2.24. The van der Waals surface area contributed by atoms with E-state index in [4.69, 9.17) is 4.74 Å². The molecule has 1 N–H and O–H groups in total. The summed E-state index contributed by atoms with van der Waals surface area (Å²) in [6, 6.07) is 7.80. The molecule has 5 heteroatoms. The van der Waals surface area contributed by atoms with E-state index in [0.29, 0.717) is 12.8 Å². The van der Waals surface area contributed by atoms with Gasteiger partial charge in [0, 0.05) is 10.9 Å². The van der Waals surface area contributed by atoms with Gasteiger partial charge in [-0.3, -0.25) is 9.59 Å². The molecule has 0 bridgehead atoms. The Kier molecular flexibility index (Phi) is 6.19. The summed E-state index contributed by atoms with van der Waals surface area (Å²) < 4.78 is 6.03. The number of carbonyl (C=O) groups excluding carboxylic acids is 2. The van der Waals surface area contributed by atoms with Crippen LogP contribution in [0.3, 0.4) is 0 Å². The van der Waals surface area contributed by atoms with Crippen molar-refractivity contribution in [1.29, 1.82) is 0 Å². The van der Waals surface area contributed by atoms with Gasteiger partial charge in [-0.05, 0) is 30.0 Å². The van der Waals surface area contributed by atoms with Crippen molar-refractivity contribution in [3.8, 4) is 0 Å². The summed E-state index contributed by atoms with van der Waals surface area (Å²) in [5.74, 6) is -0.198. The fourth-order valence-electron chi connectivity index (χ4n) is 2.43. The van der Waals surface area contributed by atoms with E-state index < -0.39 is 0 Å². The molecule has 0 aliphatic carbocycles. The van der Waals surface area contributed by atoms with Crippen molar-refractivity contribution in [2.45, 2.75) is 32.2 Å². The maximum absolute atomic E-state index is 12.1. The molecular formula is C17H20BrNO3. The summed E-state index contributed by atoms with van der Waals surface area (Å²) in [5.41, 5.74) is 1.04. The maximum Gasteiger partial charge on any atom is 0.309 e. The number of ether oxygens (including phenoxy) is 1. The van der Waals surface area contributed by atoms with Crippen molar-refractivity contribution in [2.24, 2.45) is 5.92 Å². The van der Waals surface area contributed by atoms with Gasteiger partial charge in [-0.2, -0.15) is 0 Å². The van der Waals surface area contributed by atoms with Crippen LogP contribution >= 0.6 is 15.9 Å². The lowest BCUT2D eigenvalue weighted by atomic mass is 9.93. The third-order valence-corrected chi connectivity index (χ3v) is 4.08. The monoisotopic (exact) mass is 365 g/mol. The molecule has 0 radical (unpaired) electrons. The normalized spacial score (nSPS) is 25.4. The van der Waals surface area contributed by atoms with Crippen LogP contribution in [-0.2, 0) is 14.3 Å². The van der Waals surface area contributed by atoms with E-state index in [-0.39, 0.29) is 36.9 Å². The number of rotatable bonds is 1. The van der Waals surface area contributed by atoms with E-state index >= 15 is 0 Å². The molecule has 22 heavy (non-hydrogen) atoms. The zero-order valence-electron chi connectivity index (χ0n) is 12.5. The molecule has 1 amide bonds. The molecule has 2 rings (SSSR count). The molecule has 0 unspecified atom stereocenters. The molecule has 1 aliphatic rings. The van der Waals surface area contributed by atoms with Crippen LogP contribution in [0.1, 0.15) is 37.8 Å². The third kappa shape index (κ3) is 4.98. The minimum absolute atomic E-state index is 0.0261. The second kappa shape index (κ2) is 8.13. The molecule has 2 atom stereocenters. The lowest BCUT2D eigenvalue weighted by Crippen LogP contribution is -2.32. The van der Waals surface area contributed by atoms with Gasteiger partial charge in [-0.25, -0.2) is 0 Å². The van der Waals surface area contributed by atoms with Crippen molar-refractivity contribution >= 4 is 27.8 Å². The summed E-state index contributed by atoms with van der Waals surface area (Å²) >= 11 is 3.47. The predicted octanol–water partition coefficient (Wildman–Crippen LogP) is 3.53. The fourth-order valence-corrected chi connectivity index (χ4v) is 2.85. The molecule has 0 saturated carbocycles. The van der Waals surface area contributed by atoms with Crippen LogP contribution in [0.5, 0.6) is 0 Å². The summed E-state index contributed by atoms with van der Waals surface area (Å²) in [7, 11) is 0. The second-order valence-corrected chi connectivity index (χ2v) is 6.33. The van der Waals surface area contributed by atoms with Gasteiger partial charge in [-0.1, -0.05) is 47.1 Å². The van der Waals surface area contributed by atoms with Gasteiger partial charge in [0.2, 0.25) is 5.91 Å². The molecule has 0 spiro atoms. The first-order valence-corrected chi connectivity index (χ1v) is 8.22. The topological polar surface area (TPSA) is 55.4 Å². The highest BCUT2D eigenvalue weighted by Crippen LogP contribution is 2.26. The summed E-state index contributed by atoms with van der Waals surface area (Å²) in [4.78, 5) is 23.6. The van der Waals surface area contributed by atoms with E-state index in [0.717, 1.165) is 10.0 Å². The fraction of sp³-hybridized carbons (Fsp3) is 0.412. The Morgan fingerprint density at radius 3 is 2.91 bits per heavy atom. The van der Waals surface area contributed by atoms with Crippen LogP contribution in [0.15, 0.2) is 40.9 Å². The number of amides is 1. The van der Waals surface area contributed by atoms with E-state index in [9.17, 15) is 9.59 Å². The summed E-state index contributed by atoms with van der Waals surface area (Å²) in [6.07, 6.45) is 4.93. The molecule has 0 fully saturated rings. The average Bonchev–Trinajstić information content (AvgIpc) is 2.48. The minimum Gasteiger partial charge on any atom is -0.465 e. The van der Waals surface area contributed by atoms with E-state index in [1.807, 2.05) is 43.3 Å². The van der Waals surface area contributed by atoms with Crippen LogP contribution in [0.4, 0.5) is 0 Å². The van der Waals surface area contributed by atoms with Crippen LogP contribution in [-0.4, -0.2) is 18.5 Å². The zero-order valence-corrected chi connectivity index (χ0v) is 14.1. The number of esters is 1. The van der Waals surface area contributed by atoms with Gasteiger partial charge in [0.25, 0.3) is 0 Å². The van der Waals surface area contributed by atoms with Crippen molar-refractivity contribution in [3.63, 3.8) is 0 Å². The highest BCUT2D eigenvalue weighted by Gasteiger charge is 2.20. The Morgan fingerprint density at radius 1 is 1.32 bits per heavy atom. The van der Waals surface area contributed by atoms with Crippen LogP contribution in [0.25, 0.3) is 0 Å². The Balaban J connectivity index is 2.23. The van der Waals surface area contributed by atoms with Crippen LogP contribution in [0.2, 0.25) is 0 Å². The quantitative estimate of drug-likeness (QED) is 0.611. The lowest BCUT2D eigenvalue weighted by molar-refractivity contribution is -0.143. The van der Waals surface area contributed by atoms with Crippen LogP contribution in [0, 0.1) is 5.92 Å².